The Bertz CT molecular complexity index is 130. The summed E-state index contributed by atoms with van der Waals surface area (Å²) in [4.78, 5) is 0. The summed E-state index contributed by atoms with van der Waals surface area (Å²) in [6.45, 7) is 2.14. The van der Waals surface area contributed by atoms with E-state index in [9.17, 15) is 0 Å². The molecule has 0 aromatic rings. The molecule has 0 fully saturated rings. The van der Waals surface area contributed by atoms with Crippen molar-refractivity contribution in [3.63, 3.8) is 0 Å². The van der Waals surface area contributed by atoms with Crippen molar-refractivity contribution in [2.75, 3.05) is 12.4 Å². The number of aliphatic hydroxyl groups excluding tert-OH is 1. The van der Waals surface area contributed by atoms with Crippen LogP contribution in [-0.4, -0.2) is 33.8 Å². The first kappa shape index (κ1) is 10.6. The fraction of sp³-hybridized carbons (Fsp3) is 0.833. The van der Waals surface area contributed by atoms with Gasteiger partial charge in [-0.3, -0.25) is 0 Å². The molecule has 4 N–H and O–H groups in total. The lowest BCUT2D eigenvalue weighted by Crippen LogP contribution is -2.17. The van der Waals surface area contributed by atoms with Crippen molar-refractivity contribution in [2.24, 2.45) is 10.9 Å². The summed E-state index contributed by atoms with van der Waals surface area (Å²) in [5.41, 5.74) is 5.27. The minimum atomic E-state index is 0.172. The molecule has 0 aliphatic rings. The van der Waals surface area contributed by atoms with Crippen LogP contribution in [0.2, 0.25) is 0 Å². The molecule has 0 aromatic carbocycles. The zero-order valence-corrected chi connectivity index (χ0v) is 7.34. The molecule has 0 radical (unpaired) electrons. The Balaban J connectivity index is 3.43. The van der Waals surface area contributed by atoms with Crippen molar-refractivity contribution in [2.45, 2.75) is 18.6 Å². The fourth-order valence-electron chi connectivity index (χ4n) is 0.648. The first-order valence-corrected chi connectivity index (χ1v) is 4.44. The van der Waals surface area contributed by atoms with Crippen LogP contribution in [0.25, 0.3) is 0 Å². The molecule has 0 aliphatic carbocycles. The third-order valence-corrected chi connectivity index (χ3v) is 2.27. The summed E-state index contributed by atoms with van der Waals surface area (Å²) in [7, 11) is 0. The van der Waals surface area contributed by atoms with E-state index in [2.05, 4.69) is 5.16 Å². The molecule has 1 atom stereocenters. The Kier molecular flexibility index (Phi) is 6.06. The normalized spacial score (nSPS) is 14.9. The van der Waals surface area contributed by atoms with Gasteiger partial charge in [0.15, 0.2) is 0 Å². The van der Waals surface area contributed by atoms with Crippen LogP contribution in [0.4, 0.5) is 0 Å². The second-order valence-electron chi connectivity index (χ2n) is 2.20. The first-order valence-electron chi connectivity index (χ1n) is 3.39. The first-order chi connectivity index (χ1) is 5.20. The standard InChI is InChI=1S/C6H14N2O2S/c1-5(11-3-2-9)4-6(7)8-10/h5,9-10H,2-4H2,1H3,(H2,7,8). The smallest absolute Gasteiger partial charge is 0.140 e. The summed E-state index contributed by atoms with van der Waals surface area (Å²) in [6.07, 6.45) is 0.557. The molecule has 66 valence electrons. The highest BCUT2D eigenvalue weighted by Crippen LogP contribution is 2.12. The van der Waals surface area contributed by atoms with Crippen LogP contribution in [-0.2, 0) is 0 Å². The van der Waals surface area contributed by atoms with E-state index in [0.717, 1.165) is 0 Å². The summed E-state index contributed by atoms with van der Waals surface area (Å²) >= 11 is 1.60. The van der Waals surface area contributed by atoms with E-state index in [4.69, 9.17) is 16.0 Å². The van der Waals surface area contributed by atoms with E-state index in [-0.39, 0.29) is 17.7 Å². The Morgan fingerprint density at radius 1 is 1.73 bits per heavy atom. The van der Waals surface area contributed by atoms with Crippen LogP contribution in [0.15, 0.2) is 5.16 Å². The highest BCUT2D eigenvalue weighted by Gasteiger charge is 2.04. The molecule has 0 heterocycles. The number of oxime groups is 1. The van der Waals surface area contributed by atoms with Gasteiger partial charge in [-0.2, -0.15) is 11.8 Å². The molecule has 0 saturated heterocycles. The number of nitrogens with two attached hydrogens (primary N) is 1. The zero-order chi connectivity index (χ0) is 8.69. The van der Waals surface area contributed by atoms with Gasteiger partial charge in [-0.25, -0.2) is 0 Å². The van der Waals surface area contributed by atoms with Crippen molar-refractivity contribution in [1.29, 1.82) is 0 Å². The van der Waals surface area contributed by atoms with Crippen molar-refractivity contribution in [3.05, 3.63) is 0 Å². The lowest BCUT2D eigenvalue weighted by molar-refractivity contribution is 0.317. The van der Waals surface area contributed by atoms with Crippen LogP contribution in [0.3, 0.4) is 0 Å². The van der Waals surface area contributed by atoms with Gasteiger partial charge in [0, 0.05) is 17.4 Å². The molecule has 0 rings (SSSR count). The third kappa shape index (κ3) is 6.00. The van der Waals surface area contributed by atoms with Crippen molar-refractivity contribution in [1.82, 2.24) is 0 Å². The van der Waals surface area contributed by atoms with E-state index in [1.165, 1.54) is 0 Å². The monoisotopic (exact) mass is 178 g/mol. The quantitative estimate of drug-likeness (QED) is 0.244. The number of amidine groups is 1. The van der Waals surface area contributed by atoms with Gasteiger partial charge in [-0.05, 0) is 0 Å². The molecule has 1 unspecified atom stereocenters. The van der Waals surface area contributed by atoms with Crippen LogP contribution in [0.5, 0.6) is 0 Å². The van der Waals surface area contributed by atoms with Gasteiger partial charge in [0.2, 0.25) is 0 Å². The second-order valence-corrected chi connectivity index (χ2v) is 3.75. The van der Waals surface area contributed by atoms with Crippen molar-refractivity contribution >= 4 is 17.6 Å². The molecule has 0 bridgehead atoms. The number of thioether (sulfide) groups is 1. The number of hydrogen-bond donors (Lipinski definition) is 3. The van der Waals surface area contributed by atoms with Crippen LogP contribution >= 0.6 is 11.8 Å². The molecular weight excluding hydrogens is 164 g/mol. The second kappa shape index (κ2) is 6.30. The van der Waals surface area contributed by atoms with Gasteiger partial charge in [0.25, 0.3) is 0 Å². The summed E-state index contributed by atoms with van der Waals surface area (Å²) in [6, 6.07) is 0. The van der Waals surface area contributed by atoms with Gasteiger partial charge < -0.3 is 16.0 Å². The lowest BCUT2D eigenvalue weighted by Gasteiger charge is -2.07. The van der Waals surface area contributed by atoms with Gasteiger partial charge in [-0.1, -0.05) is 12.1 Å². The molecular formula is C6H14N2O2S. The molecule has 5 heteroatoms. The molecule has 0 amide bonds. The minimum absolute atomic E-state index is 0.172. The zero-order valence-electron chi connectivity index (χ0n) is 6.53. The van der Waals surface area contributed by atoms with Crippen LogP contribution < -0.4 is 5.73 Å². The van der Waals surface area contributed by atoms with Gasteiger partial charge in [0.05, 0.1) is 6.61 Å². The third-order valence-electron chi connectivity index (χ3n) is 1.12. The van der Waals surface area contributed by atoms with Crippen molar-refractivity contribution < 1.29 is 10.3 Å². The molecule has 0 saturated carbocycles. The summed E-state index contributed by atoms with van der Waals surface area (Å²) in [5.74, 6) is 0.933. The minimum Gasteiger partial charge on any atom is -0.409 e. The highest BCUT2D eigenvalue weighted by atomic mass is 32.2. The van der Waals surface area contributed by atoms with E-state index in [1.54, 1.807) is 11.8 Å². The van der Waals surface area contributed by atoms with E-state index >= 15 is 0 Å². The van der Waals surface area contributed by atoms with Gasteiger partial charge in [0.1, 0.15) is 5.84 Å². The number of rotatable bonds is 5. The Morgan fingerprint density at radius 3 is 2.82 bits per heavy atom. The van der Waals surface area contributed by atoms with Crippen LogP contribution in [0.1, 0.15) is 13.3 Å². The summed E-state index contributed by atoms with van der Waals surface area (Å²) < 4.78 is 0. The largest absolute Gasteiger partial charge is 0.409 e. The molecule has 0 aliphatic heterocycles. The predicted molar refractivity (Wildman–Crippen MR) is 47.0 cm³/mol. The van der Waals surface area contributed by atoms with Gasteiger partial charge >= 0.3 is 0 Å². The maximum Gasteiger partial charge on any atom is 0.140 e. The maximum absolute atomic E-state index is 8.47. The Labute approximate surface area is 70.5 Å². The number of nitrogens with zero attached hydrogens (tertiary/aromatic N) is 1. The number of hydrogen-bond acceptors (Lipinski definition) is 4. The molecule has 0 aromatic heterocycles. The SMILES string of the molecule is CC(CC(N)=NO)SCCO. The maximum atomic E-state index is 8.47. The van der Waals surface area contributed by atoms with Crippen LogP contribution in [0, 0.1) is 0 Å². The Morgan fingerprint density at radius 2 is 2.36 bits per heavy atom. The lowest BCUT2D eigenvalue weighted by atomic mass is 10.3. The average molecular weight is 178 g/mol. The van der Waals surface area contributed by atoms with Gasteiger partial charge in [-0.15, -0.1) is 0 Å². The topological polar surface area (TPSA) is 78.8 Å². The van der Waals surface area contributed by atoms with E-state index < -0.39 is 0 Å². The highest BCUT2D eigenvalue weighted by molar-refractivity contribution is 7.99. The summed E-state index contributed by atoms with van der Waals surface area (Å²) in [5, 5.41) is 19.8. The average Bonchev–Trinajstić information content (AvgIpc) is 2.00. The molecule has 4 nitrogen and oxygen atoms in total. The van der Waals surface area contributed by atoms with Crippen molar-refractivity contribution in [3.8, 4) is 0 Å². The fourth-order valence-corrected chi connectivity index (χ4v) is 1.44. The number of aliphatic hydroxyl groups is 1. The van der Waals surface area contributed by atoms with E-state index in [1.807, 2.05) is 6.92 Å². The Hall–Kier alpha value is -0.420. The van der Waals surface area contributed by atoms with E-state index in [0.29, 0.717) is 12.2 Å². The predicted octanol–water partition coefficient (Wildman–Crippen LogP) is 0.237. The molecule has 0 spiro atoms. The molecule has 11 heavy (non-hydrogen) atoms.